The van der Waals surface area contributed by atoms with Gasteiger partial charge in [0.25, 0.3) is 0 Å². The van der Waals surface area contributed by atoms with Gasteiger partial charge in [-0.15, -0.1) is 10.2 Å². The van der Waals surface area contributed by atoms with E-state index in [2.05, 4.69) is 15.5 Å². The summed E-state index contributed by atoms with van der Waals surface area (Å²) in [7, 11) is 0. The molecule has 2 saturated heterocycles. The molecule has 20 heavy (non-hydrogen) atoms. The van der Waals surface area contributed by atoms with E-state index in [4.69, 9.17) is 21.1 Å². The summed E-state index contributed by atoms with van der Waals surface area (Å²) in [5.41, 5.74) is 0.808. The molecule has 1 spiro atoms. The third-order valence-electron chi connectivity index (χ3n) is 4.03. The molecule has 0 saturated carbocycles. The number of piperidine rings is 1. The van der Waals surface area contributed by atoms with Crippen molar-refractivity contribution in [2.24, 2.45) is 0 Å². The smallest absolute Gasteiger partial charge is 0.248 e. The van der Waals surface area contributed by atoms with Gasteiger partial charge in [-0.3, -0.25) is 4.79 Å². The standard InChI is InChI=1S/C12H13ClN4O3/c13-9-5-7-10(16-15-9)14-11(18)8-6-12(1-2-17(7)8)19-3-4-20-12/h5,8H,1-4,6H2,(H,14,16,18). The Kier molecular flexibility index (Phi) is 2.63. The van der Waals surface area contributed by atoms with Gasteiger partial charge in [-0.05, 0) is 0 Å². The minimum atomic E-state index is -0.611. The highest BCUT2D eigenvalue weighted by Gasteiger charge is 2.49. The molecule has 0 radical (unpaired) electrons. The summed E-state index contributed by atoms with van der Waals surface area (Å²) in [6.45, 7) is 1.83. The third kappa shape index (κ3) is 1.77. The van der Waals surface area contributed by atoms with Gasteiger partial charge >= 0.3 is 0 Å². The number of carbonyl (C=O) groups excluding carboxylic acids is 1. The molecule has 1 unspecified atom stereocenters. The molecule has 106 valence electrons. The number of ether oxygens (including phenoxy) is 2. The van der Waals surface area contributed by atoms with E-state index in [-0.39, 0.29) is 11.9 Å². The number of hydrogen-bond acceptors (Lipinski definition) is 6. The van der Waals surface area contributed by atoms with Crippen molar-refractivity contribution in [3.8, 4) is 0 Å². The van der Waals surface area contributed by atoms with Crippen LogP contribution in [0.1, 0.15) is 12.8 Å². The summed E-state index contributed by atoms with van der Waals surface area (Å²) in [6.07, 6.45) is 1.23. The van der Waals surface area contributed by atoms with Crippen LogP contribution >= 0.6 is 11.6 Å². The number of halogens is 1. The summed E-state index contributed by atoms with van der Waals surface area (Å²) < 4.78 is 11.4. The number of aromatic nitrogens is 2. The van der Waals surface area contributed by atoms with E-state index in [1.54, 1.807) is 6.07 Å². The van der Waals surface area contributed by atoms with Crippen LogP contribution in [0.3, 0.4) is 0 Å². The zero-order chi connectivity index (χ0) is 13.7. The molecule has 2 fully saturated rings. The molecule has 0 aliphatic carbocycles. The van der Waals surface area contributed by atoms with Crippen molar-refractivity contribution in [3.05, 3.63) is 11.2 Å². The van der Waals surface area contributed by atoms with Crippen molar-refractivity contribution in [2.45, 2.75) is 24.7 Å². The maximum absolute atomic E-state index is 12.3. The first-order valence-electron chi connectivity index (χ1n) is 6.56. The fourth-order valence-corrected chi connectivity index (χ4v) is 3.24. The Hall–Kier alpha value is -1.44. The molecule has 1 aromatic heterocycles. The molecular weight excluding hydrogens is 284 g/mol. The molecule has 1 amide bonds. The summed E-state index contributed by atoms with van der Waals surface area (Å²) in [5, 5.41) is 10.8. The minimum absolute atomic E-state index is 0.104. The number of amides is 1. The number of rotatable bonds is 0. The highest BCUT2D eigenvalue weighted by molar-refractivity contribution is 6.29. The first-order valence-corrected chi connectivity index (χ1v) is 6.93. The van der Waals surface area contributed by atoms with Crippen LogP contribution < -0.4 is 10.2 Å². The Morgan fingerprint density at radius 2 is 2.20 bits per heavy atom. The Balaban J connectivity index is 1.70. The number of fused-ring (bicyclic) bond motifs is 3. The topological polar surface area (TPSA) is 76.6 Å². The predicted molar refractivity (Wildman–Crippen MR) is 70.7 cm³/mol. The van der Waals surface area contributed by atoms with E-state index in [0.717, 1.165) is 12.1 Å². The first-order chi connectivity index (χ1) is 9.67. The highest BCUT2D eigenvalue weighted by Crippen LogP contribution is 2.41. The molecule has 1 N–H and O–H groups in total. The van der Waals surface area contributed by atoms with Crippen LogP contribution in [0.25, 0.3) is 0 Å². The SMILES string of the molecule is O=C1Nc2nnc(Cl)cc2N2CCC3(CC12)OCCO3. The normalized spacial score (nSPS) is 27.1. The summed E-state index contributed by atoms with van der Waals surface area (Å²) in [4.78, 5) is 14.3. The molecule has 4 heterocycles. The van der Waals surface area contributed by atoms with E-state index in [0.29, 0.717) is 37.2 Å². The maximum Gasteiger partial charge on any atom is 0.248 e. The second kappa shape index (κ2) is 4.28. The lowest BCUT2D eigenvalue weighted by molar-refractivity contribution is -0.177. The van der Waals surface area contributed by atoms with Gasteiger partial charge < -0.3 is 19.7 Å². The summed E-state index contributed by atoms with van der Waals surface area (Å²) >= 11 is 5.90. The van der Waals surface area contributed by atoms with E-state index in [1.807, 2.05) is 4.90 Å². The molecule has 0 bridgehead atoms. The van der Waals surface area contributed by atoms with Gasteiger partial charge in [-0.25, -0.2) is 0 Å². The zero-order valence-corrected chi connectivity index (χ0v) is 11.4. The largest absolute Gasteiger partial charge is 0.356 e. The van der Waals surface area contributed by atoms with Gasteiger partial charge in [0, 0.05) is 25.5 Å². The Morgan fingerprint density at radius 3 is 3.00 bits per heavy atom. The van der Waals surface area contributed by atoms with Gasteiger partial charge in [0.2, 0.25) is 5.91 Å². The van der Waals surface area contributed by atoms with E-state index >= 15 is 0 Å². The van der Waals surface area contributed by atoms with Gasteiger partial charge in [0.15, 0.2) is 16.8 Å². The van der Waals surface area contributed by atoms with Crippen LogP contribution in [-0.2, 0) is 14.3 Å². The predicted octanol–water partition coefficient (Wildman–Crippen LogP) is 0.794. The monoisotopic (exact) mass is 296 g/mol. The van der Waals surface area contributed by atoms with Gasteiger partial charge in [-0.1, -0.05) is 11.6 Å². The van der Waals surface area contributed by atoms with Gasteiger partial charge in [-0.2, -0.15) is 0 Å². The fourth-order valence-electron chi connectivity index (χ4n) is 3.10. The van der Waals surface area contributed by atoms with Crippen LogP contribution in [0, 0.1) is 0 Å². The highest BCUT2D eigenvalue weighted by atomic mass is 35.5. The molecule has 4 rings (SSSR count). The zero-order valence-electron chi connectivity index (χ0n) is 10.6. The van der Waals surface area contributed by atoms with Crippen molar-refractivity contribution in [2.75, 3.05) is 30.0 Å². The molecule has 1 aromatic rings. The molecule has 3 aliphatic heterocycles. The van der Waals surface area contributed by atoms with Crippen LogP contribution in [0.4, 0.5) is 11.5 Å². The lowest BCUT2D eigenvalue weighted by Gasteiger charge is -2.45. The number of hydrogen-bond donors (Lipinski definition) is 1. The average molecular weight is 297 g/mol. The number of anilines is 2. The lowest BCUT2D eigenvalue weighted by atomic mass is 9.93. The van der Waals surface area contributed by atoms with Crippen molar-refractivity contribution in [1.29, 1.82) is 0 Å². The summed E-state index contributed by atoms with van der Waals surface area (Å²) in [5.74, 6) is -0.257. The molecule has 8 heteroatoms. The molecule has 0 aromatic carbocycles. The van der Waals surface area contributed by atoms with Crippen molar-refractivity contribution in [3.63, 3.8) is 0 Å². The van der Waals surface area contributed by atoms with Crippen LogP contribution in [0.2, 0.25) is 5.15 Å². The minimum Gasteiger partial charge on any atom is -0.356 e. The van der Waals surface area contributed by atoms with E-state index in [9.17, 15) is 4.79 Å². The number of carbonyl (C=O) groups is 1. The van der Waals surface area contributed by atoms with Crippen LogP contribution in [0.15, 0.2) is 6.07 Å². The van der Waals surface area contributed by atoms with Gasteiger partial charge in [0.05, 0.1) is 18.9 Å². The van der Waals surface area contributed by atoms with Gasteiger partial charge in [0.1, 0.15) is 6.04 Å². The van der Waals surface area contributed by atoms with Crippen molar-refractivity contribution in [1.82, 2.24) is 10.2 Å². The number of nitrogens with zero attached hydrogens (tertiary/aromatic N) is 3. The van der Waals surface area contributed by atoms with Crippen molar-refractivity contribution < 1.29 is 14.3 Å². The molecule has 3 aliphatic rings. The quantitative estimate of drug-likeness (QED) is 0.763. The molecular formula is C12H13ClN4O3. The molecule has 1 atom stereocenters. The lowest BCUT2D eigenvalue weighted by Crippen LogP contribution is -2.58. The Labute approximate surface area is 120 Å². The second-order valence-electron chi connectivity index (χ2n) is 5.16. The fraction of sp³-hybridized carbons (Fsp3) is 0.583. The maximum atomic E-state index is 12.3. The van der Waals surface area contributed by atoms with E-state index in [1.165, 1.54) is 0 Å². The second-order valence-corrected chi connectivity index (χ2v) is 5.55. The van der Waals surface area contributed by atoms with Crippen LogP contribution in [-0.4, -0.2) is 47.7 Å². The third-order valence-corrected chi connectivity index (χ3v) is 4.21. The van der Waals surface area contributed by atoms with Crippen LogP contribution in [0.5, 0.6) is 0 Å². The number of nitrogens with one attached hydrogen (secondary N) is 1. The summed E-state index contributed by atoms with van der Waals surface area (Å²) in [6, 6.07) is 1.40. The molecule has 7 nitrogen and oxygen atoms in total. The Morgan fingerprint density at radius 1 is 1.40 bits per heavy atom. The first kappa shape index (κ1) is 12.3. The average Bonchev–Trinajstić information content (AvgIpc) is 2.88. The van der Waals surface area contributed by atoms with E-state index < -0.39 is 5.79 Å². The Bertz CT molecular complexity index is 576. The van der Waals surface area contributed by atoms with Crippen molar-refractivity contribution >= 4 is 29.0 Å².